The second-order valence-electron chi connectivity index (χ2n) is 4.70. The molecule has 0 bridgehead atoms. The Morgan fingerprint density at radius 3 is 2.55 bits per heavy atom. The van der Waals surface area contributed by atoms with E-state index in [2.05, 4.69) is 5.32 Å². The number of aromatic hydroxyl groups is 1. The summed E-state index contributed by atoms with van der Waals surface area (Å²) in [7, 11) is 0. The molecule has 0 saturated carbocycles. The molecule has 2 N–H and O–H groups in total. The first-order valence-corrected chi connectivity index (χ1v) is 6.76. The molecule has 0 saturated heterocycles. The molecule has 2 aromatic carbocycles. The van der Waals surface area contributed by atoms with Gasteiger partial charge in [0.2, 0.25) is 5.91 Å². The number of phenols is 1. The number of halogens is 1. The second kappa shape index (κ2) is 6.44. The van der Waals surface area contributed by atoms with Gasteiger partial charge in [0.15, 0.2) is 0 Å². The van der Waals surface area contributed by atoms with Gasteiger partial charge in [-0.05, 0) is 31.0 Å². The molecule has 0 heterocycles. The number of hydrogen-bond acceptors (Lipinski definition) is 2. The van der Waals surface area contributed by atoms with Crippen molar-refractivity contribution in [1.82, 2.24) is 0 Å². The fraction of sp³-hybridized carbons (Fsp3) is 0.188. The third-order valence-corrected chi connectivity index (χ3v) is 3.31. The summed E-state index contributed by atoms with van der Waals surface area (Å²) in [5, 5.41) is 12.5. The molecule has 0 aliphatic rings. The molecular weight excluding hydrogens is 274 g/mol. The molecule has 1 amide bonds. The number of rotatable bonds is 4. The monoisotopic (exact) mass is 289 g/mol. The lowest BCUT2D eigenvalue weighted by Gasteiger charge is -2.06. The van der Waals surface area contributed by atoms with Gasteiger partial charge < -0.3 is 10.4 Å². The highest BCUT2D eigenvalue weighted by molar-refractivity contribution is 6.32. The van der Waals surface area contributed by atoms with Crippen molar-refractivity contribution in [1.29, 1.82) is 0 Å². The molecule has 2 aromatic rings. The normalized spacial score (nSPS) is 10.3. The van der Waals surface area contributed by atoms with E-state index in [9.17, 15) is 9.90 Å². The number of benzene rings is 2. The van der Waals surface area contributed by atoms with Crippen LogP contribution in [0, 0.1) is 6.92 Å². The summed E-state index contributed by atoms with van der Waals surface area (Å²) in [6, 6.07) is 12.8. The van der Waals surface area contributed by atoms with Crippen LogP contribution in [-0.4, -0.2) is 11.0 Å². The molecule has 3 nitrogen and oxygen atoms in total. The van der Waals surface area contributed by atoms with Crippen molar-refractivity contribution < 1.29 is 9.90 Å². The van der Waals surface area contributed by atoms with Crippen LogP contribution in [-0.2, 0) is 11.2 Å². The molecule has 0 aliphatic carbocycles. The third-order valence-electron chi connectivity index (χ3n) is 2.99. The zero-order valence-corrected chi connectivity index (χ0v) is 11.9. The van der Waals surface area contributed by atoms with Crippen LogP contribution < -0.4 is 5.32 Å². The number of aryl methyl sites for hydroxylation is 2. The Balaban J connectivity index is 1.89. The van der Waals surface area contributed by atoms with E-state index in [0.29, 0.717) is 18.5 Å². The number of anilines is 1. The van der Waals surface area contributed by atoms with Crippen LogP contribution in [0.3, 0.4) is 0 Å². The molecule has 0 aromatic heterocycles. The first-order chi connectivity index (χ1) is 9.54. The van der Waals surface area contributed by atoms with E-state index < -0.39 is 0 Å². The van der Waals surface area contributed by atoms with Crippen LogP contribution in [0.4, 0.5) is 5.69 Å². The molecule has 0 radical (unpaired) electrons. The minimum Gasteiger partial charge on any atom is -0.506 e. The SMILES string of the molecule is Cc1ccc(CCC(=O)Nc2ccc(Cl)c(O)c2)cc1. The van der Waals surface area contributed by atoms with E-state index in [0.717, 1.165) is 5.56 Å². The summed E-state index contributed by atoms with van der Waals surface area (Å²) in [5.74, 6) is -0.129. The largest absolute Gasteiger partial charge is 0.506 e. The summed E-state index contributed by atoms with van der Waals surface area (Å²) in [4.78, 5) is 11.8. The first-order valence-electron chi connectivity index (χ1n) is 6.38. The predicted octanol–water partition coefficient (Wildman–Crippen LogP) is 3.93. The van der Waals surface area contributed by atoms with Gasteiger partial charge in [0.1, 0.15) is 5.75 Å². The topological polar surface area (TPSA) is 49.3 Å². The maximum Gasteiger partial charge on any atom is 0.224 e. The molecule has 0 atom stereocenters. The molecule has 0 fully saturated rings. The molecular formula is C16H16ClNO2. The zero-order chi connectivity index (χ0) is 14.5. The van der Waals surface area contributed by atoms with Gasteiger partial charge in [0.25, 0.3) is 0 Å². The summed E-state index contributed by atoms with van der Waals surface area (Å²) < 4.78 is 0. The van der Waals surface area contributed by atoms with Crippen molar-refractivity contribution >= 4 is 23.2 Å². The Morgan fingerprint density at radius 1 is 1.20 bits per heavy atom. The Labute approximate surface area is 123 Å². The lowest BCUT2D eigenvalue weighted by molar-refractivity contribution is -0.116. The van der Waals surface area contributed by atoms with Crippen LogP contribution in [0.25, 0.3) is 0 Å². The van der Waals surface area contributed by atoms with Gasteiger partial charge in [-0.2, -0.15) is 0 Å². The number of carbonyl (C=O) groups is 1. The van der Waals surface area contributed by atoms with E-state index in [1.807, 2.05) is 31.2 Å². The number of hydrogen-bond donors (Lipinski definition) is 2. The fourth-order valence-corrected chi connectivity index (χ4v) is 1.94. The van der Waals surface area contributed by atoms with Gasteiger partial charge in [-0.25, -0.2) is 0 Å². The number of nitrogens with one attached hydrogen (secondary N) is 1. The molecule has 4 heteroatoms. The highest BCUT2D eigenvalue weighted by atomic mass is 35.5. The van der Waals surface area contributed by atoms with Gasteiger partial charge >= 0.3 is 0 Å². The van der Waals surface area contributed by atoms with Gasteiger partial charge in [-0.15, -0.1) is 0 Å². The molecule has 0 unspecified atom stereocenters. The highest BCUT2D eigenvalue weighted by Gasteiger charge is 2.05. The zero-order valence-electron chi connectivity index (χ0n) is 11.2. The summed E-state index contributed by atoms with van der Waals surface area (Å²) >= 11 is 5.71. The minimum absolute atomic E-state index is 0.0389. The van der Waals surface area contributed by atoms with Gasteiger partial charge in [-0.1, -0.05) is 41.4 Å². The summed E-state index contributed by atoms with van der Waals surface area (Å²) in [6.07, 6.45) is 1.08. The average Bonchev–Trinajstić information content (AvgIpc) is 2.42. The minimum atomic E-state index is -0.0905. The summed E-state index contributed by atoms with van der Waals surface area (Å²) in [5.41, 5.74) is 2.88. The molecule has 20 heavy (non-hydrogen) atoms. The second-order valence-corrected chi connectivity index (χ2v) is 5.11. The predicted molar refractivity (Wildman–Crippen MR) is 81.2 cm³/mol. The first kappa shape index (κ1) is 14.4. The smallest absolute Gasteiger partial charge is 0.224 e. The molecule has 2 rings (SSSR count). The van der Waals surface area contributed by atoms with Crippen molar-refractivity contribution in [3.05, 3.63) is 58.6 Å². The van der Waals surface area contributed by atoms with Crippen molar-refractivity contribution in [3.8, 4) is 5.75 Å². The lowest BCUT2D eigenvalue weighted by atomic mass is 10.1. The number of amides is 1. The van der Waals surface area contributed by atoms with Crippen LogP contribution in [0.1, 0.15) is 17.5 Å². The average molecular weight is 290 g/mol. The Morgan fingerprint density at radius 2 is 1.90 bits per heavy atom. The van der Waals surface area contributed by atoms with Gasteiger partial charge in [-0.3, -0.25) is 4.79 Å². The van der Waals surface area contributed by atoms with Crippen molar-refractivity contribution in [2.45, 2.75) is 19.8 Å². The van der Waals surface area contributed by atoms with Gasteiger partial charge in [0, 0.05) is 18.2 Å². The van der Waals surface area contributed by atoms with Crippen LogP contribution in [0.2, 0.25) is 5.02 Å². The molecule has 0 spiro atoms. The van der Waals surface area contributed by atoms with Gasteiger partial charge in [0.05, 0.1) is 5.02 Å². The lowest BCUT2D eigenvalue weighted by Crippen LogP contribution is -2.12. The third kappa shape index (κ3) is 4.00. The van der Waals surface area contributed by atoms with E-state index in [4.69, 9.17) is 11.6 Å². The fourth-order valence-electron chi connectivity index (χ4n) is 1.83. The Hall–Kier alpha value is -2.00. The van der Waals surface area contributed by atoms with E-state index in [-0.39, 0.29) is 16.7 Å². The maximum absolute atomic E-state index is 11.8. The van der Waals surface area contributed by atoms with Crippen molar-refractivity contribution in [2.24, 2.45) is 0 Å². The maximum atomic E-state index is 11.8. The van der Waals surface area contributed by atoms with E-state index >= 15 is 0 Å². The van der Waals surface area contributed by atoms with Crippen LogP contribution in [0.15, 0.2) is 42.5 Å². The summed E-state index contributed by atoms with van der Waals surface area (Å²) in [6.45, 7) is 2.03. The van der Waals surface area contributed by atoms with Crippen LogP contribution >= 0.6 is 11.6 Å². The number of carbonyl (C=O) groups excluding carboxylic acids is 1. The molecule has 0 aliphatic heterocycles. The quantitative estimate of drug-likeness (QED) is 0.896. The standard InChI is InChI=1S/C16H16ClNO2/c1-11-2-4-12(5-3-11)6-9-16(20)18-13-7-8-14(17)15(19)10-13/h2-5,7-8,10,19H,6,9H2,1H3,(H,18,20). The van der Waals surface area contributed by atoms with E-state index in [1.165, 1.54) is 11.6 Å². The Bertz CT molecular complexity index is 608. The molecule has 104 valence electrons. The van der Waals surface area contributed by atoms with E-state index in [1.54, 1.807) is 12.1 Å². The highest BCUT2D eigenvalue weighted by Crippen LogP contribution is 2.26. The number of phenolic OH excluding ortho intramolecular Hbond substituents is 1. The van der Waals surface area contributed by atoms with Crippen LogP contribution in [0.5, 0.6) is 5.75 Å². The van der Waals surface area contributed by atoms with Crippen molar-refractivity contribution in [3.63, 3.8) is 0 Å². The Kier molecular flexibility index (Phi) is 4.64. The van der Waals surface area contributed by atoms with Crippen molar-refractivity contribution in [2.75, 3.05) is 5.32 Å².